The topological polar surface area (TPSA) is 94.0 Å². The van der Waals surface area contributed by atoms with Crippen LogP contribution in [0, 0.1) is 0 Å². The van der Waals surface area contributed by atoms with Gasteiger partial charge in [-0.3, -0.25) is 9.36 Å². The lowest BCUT2D eigenvalue weighted by atomic mass is 10.2. The van der Waals surface area contributed by atoms with Gasteiger partial charge in [0.15, 0.2) is 5.16 Å². The van der Waals surface area contributed by atoms with E-state index in [-0.39, 0.29) is 11.7 Å². The van der Waals surface area contributed by atoms with E-state index >= 15 is 0 Å². The molecule has 0 radical (unpaired) electrons. The maximum Gasteiger partial charge on any atom is 0.313 e. The number of oxazole rings is 1. The van der Waals surface area contributed by atoms with Crippen molar-refractivity contribution in [3.05, 3.63) is 23.7 Å². The van der Waals surface area contributed by atoms with Gasteiger partial charge >= 0.3 is 5.97 Å². The predicted molar refractivity (Wildman–Crippen MR) is 77.5 cm³/mol. The van der Waals surface area contributed by atoms with E-state index in [9.17, 15) is 4.79 Å². The monoisotopic (exact) mass is 310 g/mol. The fourth-order valence-electron chi connectivity index (χ4n) is 1.83. The van der Waals surface area contributed by atoms with Crippen LogP contribution in [0.5, 0.6) is 0 Å². The Balaban J connectivity index is 2.25. The summed E-state index contributed by atoms with van der Waals surface area (Å²) in [5.41, 5.74) is 0. The van der Waals surface area contributed by atoms with E-state index in [1.165, 1.54) is 0 Å². The Morgan fingerprint density at radius 2 is 2.24 bits per heavy atom. The molecule has 0 spiro atoms. The minimum Gasteiger partial charge on any atom is -0.481 e. The Kier molecular flexibility index (Phi) is 5.00. The van der Waals surface area contributed by atoms with Crippen LogP contribution in [0.1, 0.15) is 44.2 Å². The SMILES string of the molecule is CCc1cnc(Cn2c(SCC(=O)O)nnc2C(C)C)o1. The van der Waals surface area contributed by atoms with Gasteiger partial charge in [0.2, 0.25) is 5.89 Å². The highest BCUT2D eigenvalue weighted by Crippen LogP contribution is 2.22. The van der Waals surface area contributed by atoms with Crippen LogP contribution in [0.15, 0.2) is 15.8 Å². The molecule has 2 aromatic heterocycles. The number of carboxylic acids is 1. The molecule has 21 heavy (non-hydrogen) atoms. The van der Waals surface area contributed by atoms with Crippen molar-refractivity contribution < 1.29 is 14.3 Å². The first-order valence-electron chi connectivity index (χ1n) is 6.72. The molecule has 0 aliphatic carbocycles. The zero-order chi connectivity index (χ0) is 15.4. The fourth-order valence-corrected chi connectivity index (χ4v) is 2.49. The van der Waals surface area contributed by atoms with Crippen LogP contribution >= 0.6 is 11.8 Å². The average Bonchev–Trinajstić information content (AvgIpc) is 3.03. The zero-order valence-corrected chi connectivity index (χ0v) is 13.1. The van der Waals surface area contributed by atoms with E-state index < -0.39 is 5.97 Å². The fraction of sp³-hybridized carbons (Fsp3) is 0.538. The summed E-state index contributed by atoms with van der Waals surface area (Å²) in [6.45, 7) is 6.43. The highest BCUT2D eigenvalue weighted by molar-refractivity contribution is 7.99. The molecule has 2 rings (SSSR count). The third-order valence-electron chi connectivity index (χ3n) is 2.83. The number of aryl methyl sites for hydroxylation is 1. The number of carboxylic acid groups (broad SMARTS) is 1. The lowest BCUT2D eigenvalue weighted by molar-refractivity contribution is -0.133. The lowest BCUT2D eigenvalue weighted by Crippen LogP contribution is -2.09. The normalized spacial score (nSPS) is 11.2. The van der Waals surface area contributed by atoms with Crippen molar-refractivity contribution in [3.63, 3.8) is 0 Å². The number of aliphatic carboxylic acids is 1. The molecule has 114 valence electrons. The van der Waals surface area contributed by atoms with E-state index in [0.29, 0.717) is 17.6 Å². The van der Waals surface area contributed by atoms with Crippen LogP contribution in [0.2, 0.25) is 0 Å². The molecule has 0 atom stereocenters. The standard InChI is InChI=1S/C13H18N4O3S/c1-4-9-5-14-10(20-9)6-17-12(8(2)3)15-16-13(17)21-7-11(18)19/h5,8H,4,6-7H2,1-3H3,(H,18,19). The highest BCUT2D eigenvalue weighted by atomic mass is 32.2. The summed E-state index contributed by atoms with van der Waals surface area (Å²) in [7, 11) is 0. The van der Waals surface area contributed by atoms with Gasteiger partial charge in [-0.15, -0.1) is 10.2 Å². The van der Waals surface area contributed by atoms with Crippen LogP contribution < -0.4 is 0 Å². The number of nitrogens with zero attached hydrogens (tertiary/aromatic N) is 4. The number of thioether (sulfide) groups is 1. The first kappa shape index (κ1) is 15.6. The Morgan fingerprint density at radius 3 is 2.81 bits per heavy atom. The van der Waals surface area contributed by atoms with Gasteiger partial charge in [0, 0.05) is 12.3 Å². The molecule has 0 amide bonds. The van der Waals surface area contributed by atoms with Gasteiger partial charge < -0.3 is 9.52 Å². The van der Waals surface area contributed by atoms with Crippen molar-refractivity contribution in [2.75, 3.05) is 5.75 Å². The highest BCUT2D eigenvalue weighted by Gasteiger charge is 2.18. The Morgan fingerprint density at radius 1 is 1.48 bits per heavy atom. The summed E-state index contributed by atoms with van der Waals surface area (Å²) >= 11 is 1.15. The molecular formula is C13H18N4O3S. The second-order valence-corrected chi connectivity index (χ2v) is 5.78. The maximum absolute atomic E-state index is 10.7. The molecule has 0 aromatic carbocycles. The van der Waals surface area contributed by atoms with Gasteiger partial charge in [-0.05, 0) is 0 Å². The van der Waals surface area contributed by atoms with Gasteiger partial charge in [-0.2, -0.15) is 0 Å². The molecule has 2 aromatic rings. The van der Waals surface area contributed by atoms with Crippen LogP contribution in [-0.4, -0.2) is 36.6 Å². The number of hydrogen-bond acceptors (Lipinski definition) is 6. The van der Waals surface area contributed by atoms with Gasteiger partial charge in [0.25, 0.3) is 0 Å². The minimum atomic E-state index is -0.884. The zero-order valence-electron chi connectivity index (χ0n) is 12.2. The first-order valence-corrected chi connectivity index (χ1v) is 7.71. The summed E-state index contributed by atoms with van der Waals surface area (Å²) < 4.78 is 7.47. The summed E-state index contributed by atoms with van der Waals surface area (Å²) in [5, 5.41) is 17.6. The van der Waals surface area contributed by atoms with Crippen molar-refractivity contribution in [1.29, 1.82) is 0 Å². The van der Waals surface area contributed by atoms with Crippen molar-refractivity contribution in [3.8, 4) is 0 Å². The maximum atomic E-state index is 10.7. The first-order chi connectivity index (χ1) is 10.0. The van der Waals surface area contributed by atoms with Gasteiger partial charge in [0.05, 0.1) is 11.9 Å². The number of hydrogen-bond donors (Lipinski definition) is 1. The molecule has 0 bridgehead atoms. The van der Waals surface area contributed by atoms with Crippen molar-refractivity contribution in [2.45, 2.75) is 44.8 Å². The second-order valence-electron chi connectivity index (χ2n) is 4.84. The molecule has 2 heterocycles. The van der Waals surface area contributed by atoms with E-state index in [2.05, 4.69) is 15.2 Å². The third kappa shape index (κ3) is 3.84. The molecular weight excluding hydrogens is 292 g/mol. The van der Waals surface area contributed by atoms with Crippen LogP contribution in [0.4, 0.5) is 0 Å². The molecule has 1 N–H and O–H groups in total. The summed E-state index contributed by atoms with van der Waals surface area (Å²) in [6, 6.07) is 0. The predicted octanol–water partition coefficient (Wildman–Crippen LogP) is 2.18. The summed E-state index contributed by atoms with van der Waals surface area (Å²) in [6.07, 6.45) is 2.49. The van der Waals surface area contributed by atoms with E-state index in [1.807, 2.05) is 25.3 Å². The molecule has 7 nitrogen and oxygen atoms in total. The molecule has 8 heteroatoms. The molecule has 0 saturated heterocycles. The molecule has 0 unspecified atom stereocenters. The Hall–Kier alpha value is -1.83. The summed E-state index contributed by atoms with van der Waals surface area (Å²) in [5.74, 6) is 1.43. The van der Waals surface area contributed by atoms with Crippen molar-refractivity contribution in [1.82, 2.24) is 19.7 Å². The van der Waals surface area contributed by atoms with E-state index in [4.69, 9.17) is 9.52 Å². The molecule has 0 saturated carbocycles. The number of rotatable bonds is 7. The Bertz CT molecular complexity index is 621. The van der Waals surface area contributed by atoms with Gasteiger partial charge in [-0.25, -0.2) is 4.98 Å². The molecule has 0 aliphatic heterocycles. The third-order valence-corrected chi connectivity index (χ3v) is 3.78. The number of aromatic nitrogens is 4. The van der Waals surface area contributed by atoms with E-state index in [1.54, 1.807) is 6.20 Å². The minimum absolute atomic E-state index is 0.0535. The molecule has 0 fully saturated rings. The van der Waals surface area contributed by atoms with Gasteiger partial charge in [-0.1, -0.05) is 32.5 Å². The smallest absolute Gasteiger partial charge is 0.313 e. The van der Waals surface area contributed by atoms with Gasteiger partial charge in [0.1, 0.15) is 18.1 Å². The van der Waals surface area contributed by atoms with Crippen LogP contribution in [0.25, 0.3) is 0 Å². The Labute approximate surface area is 126 Å². The number of carbonyl (C=O) groups is 1. The largest absolute Gasteiger partial charge is 0.481 e. The van der Waals surface area contributed by atoms with Crippen molar-refractivity contribution in [2.24, 2.45) is 0 Å². The second kappa shape index (κ2) is 6.75. The van der Waals surface area contributed by atoms with E-state index in [0.717, 1.165) is 29.8 Å². The lowest BCUT2D eigenvalue weighted by Gasteiger charge is -2.09. The van der Waals surface area contributed by atoms with Crippen LogP contribution in [0.3, 0.4) is 0 Å². The average molecular weight is 310 g/mol. The summed E-state index contributed by atoms with van der Waals surface area (Å²) in [4.78, 5) is 14.9. The van der Waals surface area contributed by atoms with Crippen LogP contribution in [-0.2, 0) is 17.8 Å². The van der Waals surface area contributed by atoms with Crippen molar-refractivity contribution >= 4 is 17.7 Å². The quantitative estimate of drug-likeness (QED) is 0.783. The molecule has 0 aliphatic rings.